The van der Waals surface area contributed by atoms with Gasteiger partial charge >= 0.3 is 0 Å². The Morgan fingerprint density at radius 3 is 2.67 bits per heavy atom. The summed E-state index contributed by atoms with van der Waals surface area (Å²) in [7, 11) is 0. The van der Waals surface area contributed by atoms with Crippen molar-refractivity contribution in [1.82, 2.24) is 10.3 Å². The molecule has 1 saturated heterocycles. The Bertz CT molecular complexity index is 370. The molecule has 1 aliphatic rings. The highest BCUT2D eigenvalue weighted by Gasteiger charge is 2.19. The van der Waals surface area contributed by atoms with Crippen molar-refractivity contribution in [3.63, 3.8) is 0 Å². The topological polar surface area (TPSA) is 28.2 Å². The molecule has 0 unspecified atom stereocenters. The van der Waals surface area contributed by atoms with Crippen LogP contribution in [0.5, 0.6) is 0 Å². The molecule has 1 fully saturated rings. The number of nitrogens with zero attached hydrogens (tertiary/aromatic N) is 2. The first kappa shape index (κ1) is 13.3. The Morgan fingerprint density at radius 1 is 1.33 bits per heavy atom. The Morgan fingerprint density at radius 2 is 2.06 bits per heavy atom. The van der Waals surface area contributed by atoms with E-state index in [4.69, 9.17) is 0 Å². The summed E-state index contributed by atoms with van der Waals surface area (Å²) in [4.78, 5) is 7.12. The molecular weight excluding hydrogens is 222 g/mol. The van der Waals surface area contributed by atoms with Crippen molar-refractivity contribution in [2.45, 2.75) is 39.7 Å². The minimum atomic E-state index is 0.509. The average Bonchev–Trinajstić information content (AvgIpc) is 2.37. The van der Waals surface area contributed by atoms with E-state index >= 15 is 0 Å². The quantitative estimate of drug-likeness (QED) is 0.886. The fourth-order valence-corrected chi connectivity index (χ4v) is 2.60. The van der Waals surface area contributed by atoms with E-state index in [2.05, 4.69) is 54.2 Å². The highest BCUT2D eigenvalue weighted by atomic mass is 15.2. The van der Waals surface area contributed by atoms with Gasteiger partial charge in [0.05, 0.1) is 0 Å². The molecule has 3 nitrogen and oxygen atoms in total. The number of hydrogen-bond acceptors (Lipinski definition) is 3. The van der Waals surface area contributed by atoms with Gasteiger partial charge in [-0.2, -0.15) is 0 Å². The van der Waals surface area contributed by atoms with Crippen LogP contribution in [0.4, 0.5) is 5.82 Å². The number of aromatic nitrogens is 1. The SMILES string of the molecule is Cc1cccc(N(CC2CCNCC2)C(C)C)n1. The van der Waals surface area contributed by atoms with Gasteiger partial charge in [0.1, 0.15) is 5.82 Å². The molecule has 2 heterocycles. The minimum Gasteiger partial charge on any atom is -0.354 e. The maximum Gasteiger partial charge on any atom is 0.129 e. The van der Waals surface area contributed by atoms with Gasteiger partial charge in [-0.1, -0.05) is 6.07 Å². The van der Waals surface area contributed by atoms with Gasteiger partial charge in [-0.3, -0.25) is 0 Å². The molecule has 1 aromatic rings. The number of pyridine rings is 1. The van der Waals surface area contributed by atoms with Crippen molar-refractivity contribution < 1.29 is 0 Å². The zero-order valence-electron chi connectivity index (χ0n) is 11.8. The van der Waals surface area contributed by atoms with Gasteiger partial charge in [-0.25, -0.2) is 4.98 Å². The number of anilines is 1. The van der Waals surface area contributed by atoms with Crippen LogP contribution in [0.1, 0.15) is 32.4 Å². The van der Waals surface area contributed by atoms with Crippen molar-refractivity contribution in [2.24, 2.45) is 5.92 Å². The van der Waals surface area contributed by atoms with Gasteiger partial charge in [0.25, 0.3) is 0 Å². The lowest BCUT2D eigenvalue weighted by atomic mass is 9.97. The van der Waals surface area contributed by atoms with E-state index in [0.717, 1.165) is 37.1 Å². The average molecular weight is 247 g/mol. The molecule has 2 rings (SSSR count). The van der Waals surface area contributed by atoms with Gasteiger partial charge < -0.3 is 10.2 Å². The second-order valence-corrected chi connectivity index (χ2v) is 5.58. The van der Waals surface area contributed by atoms with Crippen LogP contribution in [0.15, 0.2) is 18.2 Å². The minimum absolute atomic E-state index is 0.509. The number of aryl methyl sites for hydroxylation is 1. The van der Waals surface area contributed by atoms with Crippen LogP contribution in [-0.2, 0) is 0 Å². The summed E-state index contributed by atoms with van der Waals surface area (Å²) in [6.45, 7) is 10.0. The van der Waals surface area contributed by atoms with Crippen LogP contribution in [0.2, 0.25) is 0 Å². The standard InChI is InChI=1S/C15H25N3/c1-12(2)18(11-14-7-9-16-10-8-14)15-6-4-5-13(3)17-15/h4-6,12,14,16H,7-11H2,1-3H3. The van der Waals surface area contributed by atoms with E-state index in [1.165, 1.54) is 12.8 Å². The normalized spacial score (nSPS) is 17.1. The maximum absolute atomic E-state index is 4.67. The first-order valence-electron chi connectivity index (χ1n) is 7.08. The van der Waals surface area contributed by atoms with Crippen LogP contribution in [-0.4, -0.2) is 30.7 Å². The van der Waals surface area contributed by atoms with Crippen LogP contribution < -0.4 is 10.2 Å². The Kier molecular flexibility index (Phi) is 4.59. The van der Waals surface area contributed by atoms with E-state index in [-0.39, 0.29) is 0 Å². The summed E-state index contributed by atoms with van der Waals surface area (Å²) < 4.78 is 0. The lowest BCUT2D eigenvalue weighted by Crippen LogP contribution is -2.40. The molecule has 0 saturated carbocycles. The predicted octanol–water partition coefficient (Wildman–Crippen LogP) is 2.60. The summed E-state index contributed by atoms with van der Waals surface area (Å²) in [6.07, 6.45) is 2.57. The highest BCUT2D eigenvalue weighted by Crippen LogP contribution is 2.20. The van der Waals surface area contributed by atoms with Crippen molar-refractivity contribution in [3.05, 3.63) is 23.9 Å². The molecule has 1 N–H and O–H groups in total. The Balaban J connectivity index is 2.07. The molecule has 18 heavy (non-hydrogen) atoms. The first-order chi connectivity index (χ1) is 8.66. The number of rotatable bonds is 4. The van der Waals surface area contributed by atoms with Gasteiger partial charge in [0.2, 0.25) is 0 Å². The molecule has 0 aromatic carbocycles. The van der Waals surface area contributed by atoms with Crippen LogP contribution in [0.25, 0.3) is 0 Å². The summed E-state index contributed by atoms with van der Waals surface area (Å²) in [5.41, 5.74) is 1.10. The first-order valence-corrected chi connectivity index (χ1v) is 7.08. The molecule has 1 aliphatic heterocycles. The molecular formula is C15H25N3. The summed E-state index contributed by atoms with van der Waals surface area (Å²) >= 11 is 0. The highest BCUT2D eigenvalue weighted by molar-refractivity contribution is 5.40. The van der Waals surface area contributed by atoms with Crippen molar-refractivity contribution in [1.29, 1.82) is 0 Å². The monoisotopic (exact) mass is 247 g/mol. The zero-order chi connectivity index (χ0) is 13.0. The van der Waals surface area contributed by atoms with Gasteiger partial charge in [-0.15, -0.1) is 0 Å². The molecule has 0 amide bonds. The van der Waals surface area contributed by atoms with Gasteiger partial charge in [0.15, 0.2) is 0 Å². The molecule has 0 spiro atoms. The van der Waals surface area contributed by atoms with Gasteiger partial charge in [0, 0.05) is 18.3 Å². The van der Waals surface area contributed by atoms with E-state index in [1.54, 1.807) is 0 Å². The van der Waals surface area contributed by atoms with Gasteiger partial charge in [-0.05, 0) is 64.8 Å². The molecule has 0 radical (unpaired) electrons. The third kappa shape index (κ3) is 3.45. The fraction of sp³-hybridized carbons (Fsp3) is 0.667. The predicted molar refractivity (Wildman–Crippen MR) is 77.0 cm³/mol. The molecule has 0 atom stereocenters. The zero-order valence-corrected chi connectivity index (χ0v) is 11.8. The number of nitrogens with one attached hydrogen (secondary N) is 1. The van der Waals surface area contributed by atoms with Crippen molar-refractivity contribution in [2.75, 3.05) is 24.5 Å². The third-order valence-corrected chi connectivity index (χ3v) is 3.70. The van der Waals surface area contributed by atoms with E-state index in [1.807, 2.05) is 0 Å². The second kappa shape index (κ2) is 6.19. The summed E-state index contributed by atoms with van der Waals surface area (Å²) in [5, 5.41) is 3.43. The van der Waals surface area contributed by atoms with Crippen LogP contribution in [0, 0.1) is 12.8 Å². The van der Waals surface area contributed by atoms with E-state index in [0.29, 0.717) is 6.04 Å². The lowest BCUT2D eigenvalue weighted by Gasteiger charge is -2.33. The lowest BCUT2D eigenvalue weighted by molar-refractivity contribution is 0.367. The van der Waals surface area contributed by atoms with Crippen molar-refractivity contribution >= 4 is 5.82 Å². The molecule has 100 valence electrons. The van der Waals surface area contributed by atoms with Crippen molar-refractivity contribution in [3.8, 4) is 0 Å². The Labute approximate surface area is 111 Å². The molecule has 0 aliphatic carbocycles. The number of piperidine rings is 1. The molecule has 1 aromatic heterocycles. The maximum atomic E-state index is 4.67. The van der Waals surface area contributed by atoms with Crippen LogP contribution >= 0.6 is 0 Å². The largest absolute Gasteiger partial charge is 0.354 e. The molecule has 0 bridgehead atoms. The second-order valence-electron chi connectivity index (χ2n) is 5.58. The number of hydrogen-bond donors (Lipinski definition) is 1. The third-order valence-electron chi connectivity index (χ3n) is 3.70. The molecule has 3 heteroatoms. The summed E-state index contributed by atoms with van der Waals surface area (Å²) in [5.74, 6) is 1.93. The van der Waals surface area contributed by atoms with E-state index in [9.17, 15) is 0 Å². The smallest absolute Gasteiger partial charge is 0.129 e. The Hall–Kier alpha value is -1.09. The fourth-order valence-electron chi connectivity index (χ4n) is 2.60. The van der Waals surface area contributed by atoms with Crippen LogP contribution in [0.3, 0.4) is 0 Å². The van der Waals surface area contributed by atoms with E-state index < -0.39 is 0 Å². The summed E-state index contributed by atoms with van der Waals surface area (Å²) in [6, 6.07) is 6.81.